The van der Waals surface area contributed by atoms with Gasteiger partial charge < -0.3 is 9.84 Å². The van der Waals surface area contributed by atoms with Gasteiger partial charge in [-0.3, -0.25) is 4.90 Å². The fraction of sp³-hybridized carbons (Fsp3) is 1.00. The molecule has 1 saturated heterocycles. The molecule has 0 bridgehead atoms. The quantitative estimate of drug-likeness (QED) is 0.743. The summed E-state index contributed by atoms with van der Waals surface area (Å²) in [6, 6.07) is 0. The van der Waals surface area contributed by atoms with Crippen LogP contribution >= 0.6 is 0 Å². The normalized spacial score (nSPS) is 28.7. The smallest absolute Gasteiger partial charge is 0.0743 e. The van der Waals surface area contributed by atoms with Crippen LogP contribution in [0.2, 0.25) is 0 Å². The summed E-state index contributed by atoms with van der Waals surface area (Å²) in [4.78, 5) is 2.31. The minimum Gasteiger partial charge on any atom is -0.389 e. The van der Waals surface area contributed by atoms with Crippen LogP contribution in [-0.2, 0) is 4.74 Å². The zero-order chi connectivity index (χ0) is 10.6. The van der Waals surface area contributed by atoms with Crippen LogP contribution in [0.4, 0.5) is 0 Å². The molecule has 1 N–H and O–H groups in total. The van der Waals surface area contributed by atoms with Crippen molar-refractivity contribution in [2.24, 2.45) is 0 Å². The Labute approximate surface area is 87.1 Å². The third-order valence-electron chi connectivity index (χ3n) is 3.12. The average Bonchev–Trinajstić information content (AvgIpc) is 2.17. The Kier molecular flexibility index (Phi) is 4.35. The van der Waals surface area contributed by atoms with E-state index >= 15 is 0 Å². The molecule has 1 aliphatic heterocycles. The first kappa shape index (κ1) is 12.0. The number of methoxy groups -OCH3 is 1. The molecule has 3 nitrogen and oxygen atoms in total. The number of β-amino-alcohol motifs (C(OH)–C–C–N with tert-alkyl or cyclic N) is 1. The van der Waals surface area contributed by atoms with Crippen molar-refractivity contribution in [2.45, 2.75) is 44.8 Å². The monoisotopic (exact) mass is 201 g/mol. The van der Waals surface area contributed by atoms with E-state index in [1.807, 2.05) is 13.8 Å². The van der Waals surface area contributed by atoms with Crippen molar-refractivity contribution >= 4 is 0 Å². The summed E-state index contributed by atoms with van der Waals surface area (Å²) in [5.74, 6) is 0. The predicted octanol–water partition coefficient (Wildman–Crippen LogP) is 1.26. The molecule has 0 aromatic rings. The minimum atomic E-state index is -0.546. The maximum Gasteiger partial charge on any atom is 0.0743 e. The van der Waals surface area contributed by atoms with Gasteiger partial charge in [-0.15, -0.1) is 0 Å². The summed E-state index contributed by atoms with van der Waals surface area (Å²) in [6.45, 7) is 6.76. The highest BCUT2D eigenvalue weighted by Crippen LogP contribution is 2.17. The lowest BCUT2D eigenvalue weighted by Crippen LogP contribution is -2.46. The summed E-state index contributed by atoms with van der Waals surface area (Å²) in [7, 11) is 1.77. The van der Waals surface area contributed by atoms with Crippen molar-refractivity contribution in [3.8, 4) is 0 Å². The SMILES string of the molecule is CCC(C)(O)CN1CCCC(OC)C1. The molecule has 1 fully saturated rings. The zero-order valence-electron chi connectivity index (χ0n) is 9.62. The van der Waals surface area contributed by atoms with E-state index in [1.165, 1.54) is 6.42 Å². The van der Waals surface area contributed by atoms with Crippen LogP contribution < -0.4 is 0 Å². The van der Waals surface area contributed by atoms with Crippen molar-refractivity contribution < 1.29 is 9.84 Å². The molecule has 3 heteroatoms. The van der Waals surface area contributed by atoms with Gasteiger partial charge in [0.25, 0.3) is 0 Å². The van der Waals surface area contributed by atoms with E-state index in [0.717, 1.165) is 32.5 Å². The maximum atomic E-state index is 9.95. The second-order valence-electron chi connectivity index (χ2n) is 4.59. The van der Waals surface area contributed by atoms with Gasteiger partial charge in [0.05, 0.1) is 11.7 Å². The lowest BCUT2D eigenvalue weighted by molar-refractivity contribution is -0.0223. The lowest BCUT2D eigenvalue weighted by Gasteiger charge is -2.36. The number of nitrogens with zero attached hydrogens (tertiary/aromatic N) is 1. The van der Waals surface area contributed by atoms with Crippen molar-refractivity contribution in [3.63, 3.8) is 0 Å². The third kappa shape index (κ3) is 3.56. The van der Waals surface area contributed by atoms with Gasteiger partial charge >= 0.3 is 0 Å². The lowest BCUT2D eigenvalue weighted by atomic mass is 10.0. The Morgan fingerprint density at radius 2 is 2.29 bits per heavy atom. The highest BCUT2D eigenvalue weighted by atomic mass is 16.5. The number of hydrogen-bond donors (Lipinski definition) is 1. The van der Waals surface area contributed by atoms with Gasteiger partial charge in [0.1, 0.15) is 0 Å². The van der Waals surface area contributed by atoms with E-state index in [2.05, 4.69) is 4.90 Å². The van der Waals surface area contributed by atoms with E-state index in [4.69, 9.17) is 4.74 Å². The predicted molar refractivity (Wildman–Crippen MR) is 57.4 cm³/mol. The van der Waals surface area contributed by atoms with Gasteiger partial charge in [-0.1, -0.05) is 6.92 Å². The number of aliphatic hydroxyl groups is 1. The summed E-state index contributed by atoms with van der Waals surface area (Å²) >= 11 is 0. The summed E-state index contributed by atoms with van der Waals surface area (Å²) in [6.07, 6.45) is 3.50. The van der Waals surface area contributed by atoms with Crippen molar-refractivity contribution in [1.29, 1.82) is 0 Å². The first-order chi connectivity index (χ1) is 6.57. The molecule has 1 rings (SSSR count). The van der Waals surface area contributed by atoms with Gasteiger partial charge in [0, 0.05) is 20.2 Å². The van der Waals surface area contributed by atoms with Crippen LogP contribution in [0.1, 0.15) is 33.1 Å². The second kappa shape index (κ2) is 5.10. The Balaban J connectivity index is 2.37. The van der Waals surface area contributed by atoms with Gasteiger partial charge in [-0.25, -0.2) is 0 Å². The van der Waals surface area contributed by atoms with Crippen LogP contribution in [0.15, 0.2) is 0 Å². The fourth-order valence-electron chi connectivity index (χ4n) is 1.94. The largest absolute Gasteiger partial charge is 0.389 e. The molecule has 1 aliphatic rings. The first-order valence-corrected chi connectivity index (χ1v) is 5.55. The molecule has 1 heterocycles. The molecular weight excluding hydrogens is 178 g/mol. The molecule has 0 aliphatic carbocycles. The molecule has 2 unspecified atom stereocenters. The molecule has 2 atom stereocenters. The highest BCUT2D eigenvalue weighted by molar-refractivity contribution is 4.80. The zero-order valence-corrected chi connectivity index (χ0v) is 9.62. The van der Waals surface area contributed by atoms with Crippen LogP contribution in [0.3, 0.4) is 0 Å². The summed E-state index contributed by atoms with van der Waals surface area (Å²) in [5.41, 5.74) is -0.546. The first-order valence-electron chi connectivity index (χ1n) is 5.55. The van der Waals surface area contributed by atoms with Crippen molar-refractivity contribution in [3.05, 3.63) is 0 Å². The van der Waals surface area contributed by atoms with Gasteiger partial charge in [0.2, 0.25) is 0 Å². The fourth-order valence-corrected chi connectivity index (χ4v) is 1.94. The van der Waals surface area contributed by atoms with Crippen LogP contribution in [0.5, 0.6) is 0 Å². The molecule has 0 spiro atoms. The molecule has 0 aromatic carbocycles. The number of rotatable bonds is 4. The van der Waals surface area contributed by atoms with E-state index in [1.54, 1.807) is 7.11 Å². The van der Waals surface area contributed by atoms with E-state index in [0.29, 0.717) is 6.10 Å². The molecule has 0 radical (unpaired) electrons. The third-order valence-corrected chi connectivity index (χ3v) is 3.12. The molecule has 14 heavy (non-hydrogen) atoms. The van der Waals surface area contributed by atoms with E-state index < -0.39 is 5.60 Å². The van der Waals surface area contributed by atoms with Gasteiger partial charge in [-0.2, -0.15) is 0 Å². The molecular formula is C11H23NO2. The topological polar surface area (TPSA) is 32.7 Å². The van der Waals surface area contributed by atoms with Crippen molar-refractivity contribution in [1.82, 2.24) is 4.90 Å². The number of likely N-dealkylation sites (tertiary alicyclic amines) is 1. The summed E-state index contributed by atoms with van der Waals surface area (Å²) < 4.78 is 5.35. The summed E-state index contributed by atoms with van der Waals surface area (Å²) in [5, 5.41) is 9.95. The van der Waals surface area contributed by atoms with E-state index in [-0.39, 0.29) is 0 Å². The van der Waals surface area contributed by atoms with Crippen LogP contribution in [0.25, 0.3) is 0 Å². The van der Waals surface area contributed by atoms with Crippen molar-refractivity contribution in [2.75, 3.05) is 26.7 Å². The molecule has 84 valence electrons. The second-order valence-corrected chi connectivity index (χ2v) is 4.59. The highest BCUT2D eigenvalue weighted by Gasteiger charge is 2.26. The molecule has 0 aromatic heterocycles. The Hall–Kier alpha value is -0.120. The van der Waals surface area contributed by atoms with Crippen LogP contribution in [0, 0.1) is 0 Å². The average molecular weight is 201 g/mol. The Morgan fingerprint density at radius 3 is 2.86 bits per heavy atom. The number of piperidine rings is 1. The number of ether oxygens (including phenoxy) is 1. The Bertz CT molecular complexity index is 171. The molecule has 0 saturated carbocycles. The van der Waals surface area contributed by atoms with E-state index in [9.17, 15) is 5.11 Å². The maximum absolute atomic E-state index is 9.95. The van der Waals surface area contributed by atoms with Gasteiger partial charge in [-0.05, 0) is 32.7 Å². The standard InChI is InChI=1S/C11H23NO2/c1-4-11(2,13)9-12-7-5-6-10(8-12)14-3/h10,13H,4-9H2,1-3H3. The minimum absolute atomic E-state index is 0.358. The Morgan fingerprint density at radius 1 is 1.57 bits per heavy atom. The van der Waals surface area contributed by atoms with Gasteiger partial charge in [0.15, 0.2) is 0 Å². The number of hydrogen-bond acceptors (Lipinski definition) is 3. The molecule has 0 amide bonds. The van der Waals surface area contributed by atoms with Crippen LogP contribution in [-0.4, -0.2) is 48.5 Å².